The Bertz CT molecular complexity index is 471. The van der Waals surface area contributed by atoms with E-state index in [-0.39, 0.29) is 23.5 Å². The smallest absolute Gasteiger partial charge is 0.209 e. The van der Waals surface area contributed by atoms with Gasteiger partial charge in [0, 0.05) is 11.6 Å². The van der Waals surface area contributed by atoms with Crippen LogP contribution in [0, 0.1) is 11.2 Å². The summed E-state index contributed by atoms with van der Waals surface area (Å²) in [6.07, 6.45) is 0. The molecule has 0 aliphatic carbocycles. The quantitative estimate of drug-likeness (QED) is 0.377. The fourth-order valence-electron chi connectivity index (χ4n) is 1.39. The van der Waals surface area contributed by atoms with Gasteiger partial charge in [0.05, 0.1) is 0 Å². The van der Waals surface area contributed by atoms with E-state index >= 15 is 0 Å². The number of alkyl halides is 1. The zero-order valence-electron chi connectivity index (χ0n) is 11.3. The lowest BCUT2D eigenvalue weighted by atomic mass is 10.0. The topological polar surface area (TPSA) is 45.1 Å². The van der Waals surface area contributed by atoms with Gasteiger partial charge in [-0.3, -0.25) is 5.41 Å². The monoisotopic (exact) mass is 284 g/mol. The van der Waals surface area contributed by atoms with Crippen LogP contribution in [0.2, 0.25) is 0 Å². The molecule has 2 unspecified atom stereocenters. The second kappa shape index (κ2) is 6.17. The van der Waals surface area contributed by atoms with Crippen molar-refractivity contribution in [3.8, 4) is 0 Å². The first-order chi connectivity index (χ1) is 8.78. The highest BCUT2D eigenvalue weighted by atomic mass is 35.5. The number of benzene rings is 1. The molecule has 0 aromatic heterocycles. The molecule has 2 atom stereocenters. The van der Waals surface area contributed by atoms with Crippen LogP contribution in [-0.2, 0) is 4.74 Å². The average Bonchev–Trinajstić information content (AvgIpc) is 2.38. The van der Waals surface area contributed by atoms with Gasteiger partial charge in [0.15, 0.2) is 0 Å². The highest BCUT2D eigenvalue weighted by Gasteiger charge is 2.35. The van der Waals surface area contributed by atoms with E-state index in [9.17, 15) is 4.39 Å². The first-order valence-corrected chi connectivity index (χ1v) is 6.24. The summed E-state index contributed by atoms with van der Waals surface area (Å²) in [5.74, 6) is -0.178. The highest BCUT2D eigenvalue weighted by molar-refractivity contribution is 6.35. The fourth-order valence-corrected chi connectivity index (χ4v) is 1.53. The van der Waals surface area contributed by atoms with Crippen LogP contribution in [0.4, 0.5) is 4.39 Å². The van der Waals surface area contributed by atoms with Crippen LogP contribution in [0.15, 0.2) is 30.8 Å². The maximum absolute atomic E-state index is 12.8. The van der Waals surface area contributed by atoms with Crippen LogP contribution in [0.3, 0.4) is 0 Å². The lowest BCUT2D eigenvalue weighted by Crippen LogP contribution is -2.47. The molecule has 0 saturated carbocycles. The summed E-state index contributed by atoms with van der Waals surface area (Å²) in [5.41, 5.74) is 0.607. The van der Waals surface area contributed by atoms with Gasteiger partial charge < -0.3 is 10.1 Å². The standard InChI is InChI=1S/C14H18ClFN2O/c1-9(11-5-7-12(16)8-6-11)19-13(17)14(3,15)10(2)18-4/h5-8,10,17-18H,1H2,2-4H3. The Morgan fingerprint density at radius 3 is 2.47 bits per heavy atom. The Kier molecular flexibility index (Phi) is 5.09. The van der Waals surface area contributed by atoms with Gasteiger partial charge in [0.2, 0.25) is 5.90 Å². The van der Waals surface area contributed by atoms with E-state index in [0.717, 1.165) is 0 Å². The van der Waals surface area contributed by atoms with Crippen molar-refractivity contribution in [2.45, 2.75) is 24.8 Å². The SMILES string of the molecule is C=C(OC(=N)C(C)(Cl)C(C)NC)c1ccc(F)cc1. The molecule has 0 fully saturated rings. The molecule has 0 aliphatic heterocycles. The molecule has 3 nitrogen and oxygen atoms in total. The molecule has 1 aromatic rings. The predicted octanol–water partition coefficient (Wildman–Crippen LogP) is 3.40. The molecule has 0 radical (unpaired) electrons. The van der Waals surface area contributed by atoms with Crippen LogP contribution in [0.5, 0.6) is 0 Å². The molecule has 0 spiro atoms. The largest absolute Gasteiger partial charge is 0.442 e. The molecule has 5 heteroatoms. The van der Waals surface area contributed by atoms with Gasteiger partial charge in [-0.1, -0.05) is 6.58 Å². The average molecular weight is 285 g/mol. The summed E-state index contributed by atoms with van der Waals surface area (Å²) in [6, 6.07) is 5.55. The summed E-state index contributed by atoms with van der Waals surface area (Å²) >= 11 is 6.28. The zero-order valence-corrected chi connectivity index (χ0v) is 12.0. The van der Waals surface area contributed by atoms with Crippen molar-refractivity contribution in [3.05, 3.63) is 42.2 Å². The molecule has 104 valence electrons. The van der Waals surface area contributed by atoms with Crippen LogP contribution < -0.4 is 5.32 Å². The van der Waals surface area contributed by atoms with Crippen molar-refractivity contribution in [1.29, 1.82) is 5.41 Å². The van der Waals surface area contributed by atoms with Gasteiger partial charge in [0.25, 0.3) is 0 Å². The summed E-state index contributed by atoms with van der Waals surface area (Å²) in [5, 5.41) is 10.9. The molecule has 0 heterocycles. The Morgan fingerprint density at radius 1 is 1.47 bits per heavy atom. The van der Waals surface area contributed by atoms with Crippen molar-refractivity contribution in [2.24, 2.45) is 0 Å². The molecular formula is C14H18ClFN2O. The van der Waals surface area contributed by atoms with Gasteiger partial charge >= 0.3 is 0 Å². The first-order valence-electron chi connectivity index (χ1n) is 5.87. The van der Waals surface area contributed by atoms with E-state index in [1.54, 1.807) is 14.0 Å². The third-order valence-electron chi connectivity index (χ3n) is 3.08. The third-order valence-corrected chi connectivity index (χ3v) is 3.58. The minimum Gasteiger partial charge on any atom is -0.442 e. The van der Waals surface area contributed by atoms with Gasteiger partial charge in [-0.15, -0.1) is 11.6 Å². The maximum Gasteiger partial charge on any atom is 0.209 e. The minimum absolute atomic E-state index is 0.106. The predicted molar refractivity (Wildman–Crippen MR) is 77.0 cm³/mol. The van der Waals surface area contributed by atoms with Crippen molar-refractivity contribution in [3.63, 3.8) is 0 Å². The van der Waals surface area contributed by atoms with Crippen LogP contribution in [0.25, 0.3) is 5.76 Å². The summed E-state index contributed by atoms with van der Waals surface area (Å²) in [4.78, 5) is -0.988. The van der Waals surface area contributed by atoms with E-state index in [0.29, 0.717) is 5.56 Å². The molecule has 0 amide bonds. The highest BCUT2D eigenvalue weighted by Crippen LogP contribution is 2.25. The van der Waals surface area contributed by atoms with Crippen LogP contribution in [-0.4, -0.2) is 23.9 Å². The first kappa shape index (κ1) is 15.7. The summed E-state index contributed by atoms with van der Waals surface area (Å²) < 4.78 is 18.2. The zero-order chi connectivity index (χ0) is 14.6. The van der Waals surface area contributed by atoms with Crippen LogP contribution >= 0.6 is 11.6 Å². The Hall–Kier alpha value is -1.39. The fraction of sp³-hybridized carbons (Fsp3) is 0.357. The third kappa shape index (κ3) is 3.78. The number of nitrogens with one attached hydrogen (secondary N) is 2. The molecular weight excluding hydrogens is 267 g/mol. The van der Waals surface area contributed by atoms with E-state index in [4.69, 9.17) is 21.7 Å². The number of halogens is 2. The molecule has 19 heavy (non-hydrogen) atoms. The molecule has 0 saturated heterocycles. The van der Waals surface area contributed by atoms with E-state index in [2.05, 4.69) is 11.9 Å². The minimum atomic E-state index is -0.988. The van der Waals surface area contributed by atoms with Gasteiger partial charge in [-0.2, -0.15) is 0 Å². The Balaban J connectivity index is 2.77. The summed E-state index contributed by atoms with van der Waals surface area (Å²) in [6.45, 7) is 7.27. The van der Waals surface area contributed by atoms with Crippen molar-refractivity contribution in [2.75, 3.05) is 7.05 Å². The molecule has 0 bridgehead atoms. The van der Waals surface area contributed by atoms with E-state index < -0.39 is 4.87 Å². The van der Waals surface area contributed by atoms with Gasteiger partial charge in [-0.25, -0.2) is 4.39 Å². The normalized spacial score (nSPS) is 15.4. The Labute approximate surface area is 117 Å². The number of ether oxygens (including phenoxy) is 1. The Morgan fingerprint density at radius 2 is 2.00 bits per heavy atom. The van der Waals surface area contributed by atoms with Gasteiger partial charge in [0.1, 0.15) is 16.5 Å². The van der Waals surface area contributed by atoms with E-state index in [1.165, 1.54) is 24.3 Å². The lowest BCUT2D eigenvalue weighted by Gasteiger charge is -2.29. The summed E-state index contributed by atoms with van der Waals surface area (Å²) in [7, 11) is 1.76. The van der Waals surface area contributed by atoms with Crippen LogP contribution in [0.1, 0.15) is 19.4 Å². The second-order valence-corrected chi connectivity index (χ2v) is 5.23. The lowest BCUT2D eigenvalue weighted by molar-refractivity contribution is 0.426. The molecule has 2 N–H and O–H groups in total. The van der Waals surface area contributed by atoms with E-state index in [1.807, 2.05) is 6.92 Å². The van der Waals surface area contributed by atoms with Crippen molar-refractivity contribution >= 4 is 23.3 Å². The second-order valence-electron chi connectivity index (χ2n) is 4.45. The number of hydrogen-bond acceptors (Lipinski definition) is 3. The van der Waals surface area contributed by atoms with Gasteiger partial charge in [-0.05, 0) is 45.2 Å². The number of rotatable bonds is 5. The molecule has 1 rings (SSSR count). The van der Waals surface area contributed by atoms with Crippen molar-refractivity contribution < 1.29 is 9.13 Å². The molecule has 0 aliphatic rings. The number of hydrogen-bond donors (Lipinski definition) is 2. The molecule has 1 aromatic carbocycles. The van der Waals surface area contributed by atoms with Crippen molar-refractivity contribution in [1.82, 2.24) is 5.32 Å². The maximum atomic E-state index is 12.8.